The monoisotopic (exact) mass is 308 g/mol. The van der Waals surface area contributed by atoms with Gasteiger partial charge in [-0.1, -0.05) is 0 Å². The second-order valence-corrected chi connectivity index (χ2v) is 4.07. The minimum Gasteiger partial charge on any atom is -0.166 e. The molecule has 0 saturated heterocycles. The average Bonchev–Trinajstić information content (AvgIpc) is 2.37. The highest BCUT2D eigenvalue weighted by molar-refractivity contribution is 5.57. The summed E-state index contributed by atoms with van der Waals surface area (Å²) in [6.07, 6.45) is -9.86. The Morgan fingerprint density at radius 1 is 0.714 bits per heavy atom. The molecule has 1 heterocycles. The minimum atomic E-state index is -4.93. The second kappa shape index (κ2) is 4.93. The summed E-state index contributed by atoms with van der Waals surface area (Å²) in [5.74, 6) is -0.279. The van der Waals surface area contributed by atoms with Crippen molar-refractivity contribution in [1.82, 2.24) is 20.4 Å². The molecule has 0 saturated carbocycles. The fourth-order valence-corrected chi connectivity index (χ4v) is 1.48. The Labute approximate surface area is 113 Å². The van der Waals surface area contributed by atoms with Gasteiger partial charge in [-0.25, -0.2) is 0 Å². The molecule has 0 aliphatic heterocycles. The Morgan fingerprint density at radius 3 is 1.52 bits per heavy atom. The van der Waals surface area contributed by atoms with Crippen molar-refractivity contribution in [2.45, 2.75) is 19.3 Å². The molecule has 10 heteroatoms. The lowest BCUT2D eigenvalue weighted by atomic mass is 10.0. The highest BCUT2D eigenvalue weighted by Crippen LogP contribution is 2.37. The standard InChI is InChI=1S/C11H6F6N4/c1-5-18-20-9(21-19-5)6-2-7(10(12,13)14)4-8(3-6)11(15,16)17/h2-4H,1H3. The van der Waals surface area contributed by atoms with E-state index in [9.17, 15) is 26.3 Å². The van der Waals surface area contributed by atoms with Gasteiger partial charge in [0.15, 0.2) is 5.82 Å². The summed E-state index contributed by atoms with van der Waals surface area (Å²) < 4.78 is 76.1. The fourth-order valence-electron chi connectivity index (χ4n) is 1.48. The SMILES string of the molecule is Cc1nnc(-c2cc(C(F)(F)F)cc(C(F)(F)F)c2)nn1. The Morgan fingerprint density at radius 2 is 1.14 bits per heavy atom. The van der Waals surface area contributed by atoms with Gasteiger partial charge in [0.05, 0.1) is 11.1 Å². The van der Waals surface area contributed by atoms with Crippen LogP contribution in [-0.4, -0.2) is 20.4 Å². The molecule has 0 aliphatic carbocycles. The van der Waals surface area contributed by atoms with Crippen LogP contribution in [0.15, 0.2) is 18.2 Å². The maximum Gasteiger partial charge on any atom is 0.416 e. The topological polar surface area (TPSA) is 51.6 Å². The predicted molar refractivity (Wildman–Crippen MR) is 57.8 cm³/mol. The van der Waals surface area contributed by atoms with Crippen LogP contribution in [0.1, 0.15) is 17.0 Å². The van der Waals surface area contributed by atoms with E-state index in [0.29, 0.717) is 12.1 Å². The van der Waals surface area contributed by atoms with Crippen molar-refractivity contribution in [1.29, 1.82) is 0 Å². The lowest BCUT2D eigenvalue weighted by Crippen LogP contribution is -2.11. The van der Waals surface area contributed by atoms with Gasteiger partial charge in [0.2, 0.25) is 5.82 Å². The summed E-state index contributed by atoms with van der Waals surface area (Å²) in [7, 11) is 0. The highest BCUT2D eigenvalue weighted by Gasteiger charge is 2.37. The van der Waals surface area contributed by atoms with Crippen LogP contribution in [-0.2, 0) is 12.4 Å². The van der Waals surface area contributed by atoms with Crippen LogP contribution in [0.25, 0.3) is 11.4 Å². The summed E-state index contributed by atoms with van der Waals surface area (Å²) in [5.41, 5.74) is -3.36. The molecular formula is C11H6F6N4. The van der Waals surface area contributed by atoms with E-state index in [-0.39, 0.29) is 11.9 Å². The van der Waals surface area contributed by atoms with Crippen molar-refractivity contribution in [3.63, 3.8) is 0 Å². The van der Waals surface area contributed by atoms with Crippen molar-refractivity contribution in [2.75, 3.05) is 0 Å². The van der Waals surface area contributed by atoms with E-state index in [1.807, 2.05) is 0 Å². The number of halogens is 6. The van der Waals surface area contributed by atoms with Crippen molar-refractivity contribution >= 4 is 0 Å². The van der Waals surface area contributed by atoms with Crippen molar-refractivity contribution in [3.8, 4) is 11.4 Å². The zero-order valence-electron chi connectivity index (χ0n) is 10.3. The lowest BCUT2D eigenvalue weighted by molar-refractivity contribution is -0.143. The van der Waals surface area contributed by atoms with Crippen molar-refractivity contribution < 1.29 is 26.3 Å². The van der Waals surface area contributed by atoms with Gasteiger partial charge in [-0.05, 0) is 25.1 Å². The first kappa shape index (κ1) is 15.1. The van der Waals surface area contributed by atoms with E-state index in [0.717, 1.165) is 0 Å². The van der Waals surface area contributed by atoms with Crippen LogP contribution in [0, 0.1) is 6.92 Å². The lowest BCUT2D eigenvalue weighted by Gasteiger charge is -2.13. The summed E-state index contributed by atoms with van der Waals surface area (Å²) in [6.45, 7) is 1.43. The maximum absolute atomic E-state index is 12.7. The third-order valence-electron chi connectivity index (χ3n) is 2.42. The number of rotatable bonds is 1. The van der Waals surface area contributed by atoms with E-state index in [4.69, 9.17) is 0 Å². The molecular weight excluding hydrogens is 302 g/mol. The van der Waals surface area contributed by atoms with E-state index < -0.39 is 34.9 Å². The summed E-state index contributed by atoms with van der Waals surface area (Å²) in [4.78, 5) is 0. The molecule has 0 fully saturated rings. The van der Waals surface area contributed by atoms with Crippen LogP contribution >= 0.6 is 0 Å². The second-order valence-electron chi connectivity index (χ2n) is 4.07. The van der Waals surface area contributed by atoms with E-state index in [1.165, 1.54) is 6.92 Å². The van der Waals surface area contributed by atoms with Gasteiger partial charge in [-0.15, -0.1) is 20.4 Å². The summed E-state index contributed by atoms with van der Waals surface area (Å²) in [5, 5.41) is 13.8. The normalized spacial score (nSPS) is 12.5. The zero-order valence-corrected chi connectivity index (χ0v) is 10.3. The van der Waals surface area contributed by atoms with Gasteiger partial charge in [-0.2, -0.15) is 26.3 Å². The van der Waals surface area contributed by atoms with Gasteiger partial charge >= 0.3 is 12.4 Å². The molecule has 0 atom stereocenters. The van der Waals surface area contributed by atoms with Crippen LogP contribution in [0.4, 0.5) is 26.3 Å². The smallest absolute Gasteiger partial charge is 0.166 e. The molecule has 0 aliphatic rings. The highest BCUT2D eigenvalue weighted by atomic mass is 19.4. The van der Waals surface area contributed by atoms with Gasteiger partial charge in [0.25, 0.3) is 0 Å². The predicted octanol–water partition coefficient (Wildman–Crippen LogP) is 3.28. The summed E-state index contributed by atoms with van der Waals surface area (Å²) >= 11 is 0. The average molecular weight is 308 g/mol. The molecule has 0 radical (unpaired) electrons. The van der Waals surface area contributed by atoms with Crippen LogP contribution in [0.5, 0.6) is 0 Å². The third-order valence-corrected chi connectivity index (χ3v) is 2.42. The number of nitrogens with zero attached hydrogens (tertiary/aromatic N) is 4. The Kier molecular flexibility index (Phi) is 3.56. The van der Waals surface area contributed by atoms with Crippen molar-refractivity contribution in [3.05, 3.63) is 35.2 Å². The molecule has 0 amide bonds. The maximum atomic E-state index is 12.7. The Bertz CT molecular complexity index is 615. The van der Waals surface area contributed by atoms with Crippen LogP contribution < -0.4 is 0 Å². The molecule has 4 nitrogen and oxygen atoms in total. The molecule has 0 N–H and O–H groups in total. The van der Waals surface area contributed by atoms with E-state index >= 15 is 0 Å². The molecule has 2 rings (SSSR count). The molecule has 0 bridgehead atoms. The zero-order chi connectivity index (χ0) is 15.8. The number of alkyl halides is 6. The molecule has 0 unspecified atom stereocenters. The fraction of sp³-hybridized carbons (Fsp3) is 0.273. The molecule has 112 valence electrons. The van der Waals surface area contributed by atoms with Crippen LogP contribution in [0.3, 0.4) is 0 Å². The molecule has 1 aromatic carbocycles. The van der Waals surface area contributed by atoms with E-state index in [1.54, 1.807) is 0 Å². The van der Waals surface area contributed by atoms with Crippen LogP contribution in [0.2, 0.25) is 0 Å². The molecule has 2 aromatic rings. The molecule has 1 aromatic heterocycles. The first-order valence-corrected chi connectivity index (χ1v) is 5.41. The first-order chi connectivity index (χ1) is 9.57. The van der Waals surface area contributed by atoms with E-state index in [2.05, 4.69) is 20.4 Å². The number of hydrogen-bond donors (Lipinski definition) is 0. The number of benzene rings is 1. The Hall–Kier alpha value is -2.26. The van der Waals surface area contributed by atoms with Crippen molar-refractivity contribution in [2.24, 2.45) is 0 Å². The molecule has 0 spiro atoms. The quantitative estimate of drug-likeness (QED) is 0.759. The minimum absolute atomic E-state index is 0.0263. The number of hydrogen-bond acceptors (Lipinski definition) is 4. The number of aromatic nitrogens is 4. The first-order valence-electron chi connectivity index (χ1n) is 5.41. The Balaban J connectivity index is 2.63. The van der Waals surface area contributed by atoms with Gasteiger partial charge in [0, 0.05) is 5.56 Å². The number of aryl methyl sites for hydroxylation is 1. The van der Waals surface area contributed by atoms with Gasteiger partial charge in [-0.3, -0.25) is 0 Å². The molecule has 21 heavy (non-hydrogen) atoms. The largest absolute Gasteiger partial charge is 0.416 e. The third kappa shape index (κ3) is 3.44. The van der Waals surface area contributed by atoms with Gasteiger partial charge in [0.1, 0.15) is 0 Å². The summed E-state index contributed by atoms with van der Waals surface area (Å²) in [6, 6.07) is 1.06. The van der Waals surface area contributed by atoms with Gasteiger partial charge < -0.3 is 0 Å².